The van der Waals surface area contributed by atoms with Gasteiger partial charge in [-0.1, -0.05) is 32.1 Å². The highest BCUT2D eigenvalue weighted by Gasteiger charge is 2.38. The summed E-state index contributed by atoms with van der Waals surface area (Å²) in [6.45, 7) is 7.32. The van der Waals surface area contributed by atoms with Crippen molar-refractivity contribution in [3.8, 4) is 0 Å². The van der Waals surface area contributed by atoms with E-state index in [4.69, 9.17) is 20.2 Å². The molecule has 0 aromatic carbocycles. The summed E-state index contributed by atoms with van der Waals surface area (Å²) in [5, 5.41) is 7.21. The molecule has 2 atom stereocenters. The predicted molar refractivity (Wildman–Crippen MR) is 162 cm³/mol. The maximum Gasteiger partial charge on any atom is 0.290 e. The molecule has 6 heterocycles. The Morgan fingerprint density at radius 2 is 1.93 bits per heavy atom. The number of furan rings is 1. The van der Waals surface area contributed by atoms with Crippen molar-refractivity contribution < 1.29 is 9.21 Å². The third kappa shape index (κ3) is 5.56. The number of amides is 1. The zero-order valence-electron chi connectivity index (χ0n) is 25.1. The Hall–Kier alpha value is -2.95. The van der Waals surface area contributed by atoms with Crippen LogP contribution in [0.5, 0.6) is 0 Å². The summed E-state index contributed by atoms with van der Waals surface area (Å²) in [5.41, 5.74) is 13.0. The second kappa shape index (κ2) is 11.6. The van der Waals surface area contributed by atoms with E-state index >= 15 is 0 Å². The molecule has 1 spiro atoms. The first-order valence-electron chi connectivity index (χ1n) is 16.2. The van der Waals surface area contributed by atoms with Crippen LogP contribution in [0.15, 0.2) is 28.8 Å². The standard InChI is InChI=1S/C32H46N8O2/c1-23-18-40-29(35-30(23)37-16-12-24(33)19-37)17-26(36-40)27-9-5-8-15-39(27)31(41)28-11-10-25(42-28)20-38-22-32(21-34-38)13-6-3-2-4-7-14-32/h10-11,17-18,24,27,34H,2-9,12-16,19-22,33H2,1H3/t24-,27-/m0/s1. The third-order valence-corrected chi connectivity index (χ3v) is 10.1. The molecule has 1 amide bonds. The molecule has 10 nitrogen and oxygen atoms in total. The van der Waals surface area contributed by atoms with Gasteiger partial charge in [0, 0.05) is 56.6 Å². The zero-order valence-corrected chi connectivity index (χ0v) is 25.1. The first kappa shape index (κ1) is 27.9. The molecule has 3 saturated heterocycles. The molecule has 42 heavy (non-hydrogen) atoms. The lowest BCUT2D eigenvalue weighted by molar-refractivity contribution is 0.0568. The van der Waals surface area contributed by atoms with Gasteiger partial charge in [0.1, 0.15) is 11.6 Å². The number of likely N-dealkylation sites (tertiary alicyclic amines) is 1. The summed E-state index contributed by atoms with van der Waals surface area (Å²) in [7, 11) is 0. The highest BCUT2D eigenvalue weighted by atomic mass is 16.4. The fraction of sp³-hybridized carbons (Fsp3) is 0.656. The van der Waals surface area contributed by atoms with Crippen molar-refractivity contribution in [2.75, 3.05) is 37.6 Å². The smallest absolute Gasteiger partial charge is 0.290 e. The molecular weight excluding hydrogens is 528 g/mol. The fourth-order valence-electron chi connectivity index (χ4n) is 7.77. The average Bonchev–Trinajstić information content (AvgIpc) is 3.78. The molecule has 3 aliphatic heterocycles. The minimum absolute atomic E-state index is 0.0511. The molecule has 4 aliphatic rings. The summed E-state index contributed by atoms with van der Waals surface area (Å²) < 4.78 is 8.05. The van der Waals surface area contributed by atoms with Crippen LogP contribution in [0.2, 0.25) is 0 Å². The van der Waals surface area contributed by atoms with Crippen molar-refractivity contribution in [1.82, 2.24) is 29.9 Å². The van der Waals surface area contributed by atoms with Crippen molar-refractivity contribution >= 4 is 17.4 Å². The highest BCUT2D eigenvalue weighted by Crippen LogP contribution is 2.38. The highest BCUT2D eigenvalue weighted by molar-refractivity contribution is 5.92. The number of hydrogen-bond acceptors (Lipinski definition) is 8. The van der Waals surface area contributed by atoms with Crippen LogP contribution in [-0.4, -0.2) is 69.2 Å². The summed E-state index contributed by atoms with van der Waals surface area (Å²) in [5.74, 6) is 2.19. The number of piperidine rings is 1. The largest absolute Gasteiger partial charge is 0.454 e. The molecule has 0 radical (unpaired) electrons. The van der Waals surface area contributed by atoms with Gasteiger partial charge in [0.05, 0.1) is 18.3 Å². The number of nitrogens with two attached hydrogens (primary N) is 1. The number of aromatic nitrogens is 3. The first-order chi connectivity index (χ1) is 20.5. The van der Waals surface area contributed by atoms with E-state index in [0.29, 0.717) is 24.3 Å². The lowest BCUT2D eigenvalue weighted by Crippen LogP contribution is -2.38. The Balaban J connectivity index is 1.05. The lowest BCUT2D eigenvalue weighted by Gasteiger charge is -2.34. The van der Waals surface area contributed by atoms with Gasteiger partial charge in [-0.2, -0.15) is 5.10 Å². The molecule has 226 valence electrons. The second-order valence-electron chi connectivity index (χ2n) is 13.3. The minimum atomic E-state index is -0.0927. The zero-order chi connectivity index (χ0) is 28.7. The summed E-state index contributed by atoms with van der Waals surface area (Å²) in [6.07, 6.45) is 15.4. The quantitative estimate of drug-likeness (QED) is 0.456. The number of hydrogen-bond donors (Lipinski definition) is 2. The monoisotopic (exact) mass is 574 g/mol. The molecule has 3 aromatic rings. The number of aryl methyl sites for hydroxylation is 1. The van der Waals surface area contributed by atoms with Gasteiger partial charge in [0.25, 0.3) is 5.91 Å². The second-order valence-corrected chi connectivity index (χ2v) is 13.3. The number of carbonyl (C=O) groups is 1. The molecule has 1 aliphatic carbocycles. The lowest BCUT2D eigenvalue weighted by atomic mass is 9.77. The average molecular weight is 575 g/mol. The molecule has 7 rings (SSSR count). The molecule has 1 saturated carbocycles. The Bertz CT molecular complexity index is 1410. The van der Waals surface area contributed by atoms with Crippen molar-refractivity contribution in [2.45, 2.75) is 96.2 Å². The summed E-state index contributed by atoms with van der Waals surface area (Å²) >= 11 is 0. The van der Waals surface area contributed by atoms with Crippen LogP contribution < -0.4 is 16.1 Å². The van der Waals surface area contributed by atoms with E-state index in [1.54, 1.807) is 0 Å². The van der Waals surface area contributed by atoms with E-state index in [0.717, 1.165) is 80.3 Å². The van der Waals surface area contributed by atoms with Gasteiger partial charge in [0.15, 0.2) is 11.4 Å². The fourth-order valence-corrected chi connectivity index (χ4v) is 7.77. The Labute approximate surface area is 248 Å². The Morgan fingerprint density at radius 1 is 1.10 bits per heavy atom. The maximum atomic E-state index is 13.8. The van der Waals surface area contributed by atoms with Gasteiger partial charge in [-0.25, -0.2) is 14.5 Å². The molecule has 0 bridgehead atoms. The normalized spacial score (nSPS) is 25.4. The Kier molecular flexibility index (Phi) is 7.71. The van der Waals surface area contributed by atoms with Crippen molar-refractivity contribution in [2.24, 2.45) is 11.1 Å². The van der Waals surface area contributed by atoms with Gasteiger partial charge < -0.3 is 20.0 Å². The van der Waals surface area contributed by atoms with Gasteiger partial charge in [-0.05, 0) is 63.0 Å². The molecule has 0 unspecified atom stereocenters. The van der Waals surface area contributed by atoms with Gasteiger partial charge >= 0.3 is 0 Å². The van der Waals surface area contributed by atoms with Crippen molar-refractivity contribution in [1.29, 1.82) is 0 Å². The van der Waals surface area contributed by atoms with Crippen LogP contribution in [0.1, 0.15) is 104 Å². The number of nitrogens with one attached hydrogen (secondary N) is 1. The number of carbonyl (C=O) groups excluding carboxylic acids is 1. The third-order valence-electron chi connectivity index (χ3n) is 10.1. The number of anilines is 1. The van der Waals surface area contributed by atoms with Crippen LogP contribution in [0.25, 0.3) is 5.65 Å². The number of fused-ring (bicyclic) bond motifs is 1. The van der Waals surface area contributed by atoms with Crippen LogP contribution in [0, 0.1) is 12.3 Å². The maximum absolute atomic E-state index is 13.8. The molecule has 10 heteroatoms. The van der Waals surface area contributed by atoms with E-state index in [1.807, 2.05) is 33.8 Å². The minimum Gasteiger partial charge on any atom is -0.454 e. The molecule has 3 aromatic heterocycles. The summed E-state index contributed by atoms with van der Waals surface area (Å²) in [6, 6.07) is 5.98. The Morgan fingerprint density at radius 3 is 2.74 bits per heavy atom. The number of nitrogens with zero attached hydrogens (tertiary/aromatic N) is 6. The predicted octanol–water partition coefficient (Wildman–Crippen LogP) is 4.59. The van der Waals surface area contributed by atoms with Crippen LogP contribution in [0.3, 0.4) is 0 Å². The van der Waals surface area contributed by atoms with Crippen LogP contribution in [0.4, 0.5) is 5.82 Å². The van der Waals surface area contributed by atoms with Gasteiger partial charge in [0.2, 0.25) is 0 Å². The van der Waals surface area contributed by atoms with E-state index in [-0.39, 0.29) is 18.0 Å². The van der Waals surface area contributed by atoms with Crippen molar-refractivity contribution in [3.05, 3.63) is 47.2 Å². The molecular formula is C32H46N8O2. The van der Waals surface area contributed by atoms with E-state index in [1.165, 1.54) is 44.9 Å². The summed E-state index contributed by atoms with van der Waals surface area (Å²) in [4.78, 5) is 23.0. The van der Waals surface area contributed by atoms with E-state index in [2.05, 4.69) is 22.3 Å². The van der Waals surface area contributed by atoms with Gasteiger partial charge in [-0.15, -0.1) is 0 Å². The van der Waals surface area contributed by atoms with Crippen LogP contribution in [-0.2, 0) is 6.54 Å². The number of hydrazine groups is 1. The van der Waals surface area contributed by atoms with E-state index in [9.17, 15) is 4.79 Å². The topological polar surface area (TPSA) is 108 Å². The van der Waals surface area contributed by atoms with Crippen LogP contribution >= 0.6 is 0 Å². The first-order valence-corrected chi connectivity index (χ1v) is 16.2. The molecule has 3 N–H and O–H groups in total. The van der Waals surface area contributed by atoms with Gasteiger partial charge in [-0.3, -0.25) is 10.2 Å². The number of rotatable bonds is 5. The van der Waals surface area contributed by atoms with Crippen molar-refractivity contribution in [3.63, 3.8) is 0 Å². The van der Waals surface area contributed by atoms with E-state index < -0.39 is 0 Å². The molecule has 4 fully saturated rings. The SMILES string of the molecule is Cc1cn2nc([C@@H]3CCCCN3C(=O)c3ccc(CN4CC5(CCCCCCC5)CN4)o3)cc2nc1N1CC[C@H](N)C1.